The van der Waals surface area contributed by atoms with Crippen LogP contribution in [-0.4, -0.2) is 21.0 Å². The summed E-state index contributed by atoms with van der Waals surface area (Å²) >= 11 is 1.64. The Hall–Kier alpha value is -1.75. The highest BCUT2D eigenvalue weighted by Crippen LogP contribution is 2.39. The van der Waals surface area contributed by atoms with E-state index in [1.54, 1.807) is 17.4 Å². The van der Waals surface area contributed by atoms with Crippen molar-refractivity contribution in [2.24, 2.45) is 5.41 Å². The SMILES string of the molecule is CC1(C)CCc2nc(-c3cc(C(=O)O)ccn3)sc2C1. The van der Waals surface area contributed by atoms with Crippen LogP contribution in [0.5, 0.6) is 0 Å². The normalized spacial score (nSPS) is 16.7. The van der Waals surface area contributed by atoms with E-state index in [1.165, 1.54) is 17.1 Å². The molecule has 0 aromatic carbocycles. The summed E-state index contributed by atoms with van der Waals surface area (Å²) in [4.78, 5) is 21.2. The number of carbonyl (C=O) groups is 1. The van der Waals surface area contributed by atoms with Gasteiger partial charge in [0.05, 0.1) is 17.0 Å². The molecule has 0 radical (unpaired) electrons. The zero-order valence-electron chi connectivity index (χ0n) is 11.5. The fourth-order valence-corrected chi connectivity index (χ4v) is 3.82. The zero-order chi connectivity index (χ0) is 14.3. The lowest BCUT2D eigenvalue weighted by Crippen LogP contribution is -2.20. The minimum absolute atomic E-state index is 0.253. The van der Waals surface area contributed by atoms with Crippen molar-refractivity contribution in [1.82, 2.24) is 9.97 Å². The highest BCUT2D eigenvalue weighted by molar-refractivity contribution is 7.15. The van der Waals surface area contributed by atoms with Crippen molar-refractivity contribution in [3.8, 4) is 10.7 Å². The summed E-state index contributed by atoms with van der Waals surface area (Å²) in [5.41, 5.74) is 2.39. The number of hydrogen-bond donors (Lipinski definition) is 1. The van der Waals surface area contributed by atoms with Gasteiger partial charge in [-0.1, -0.05) is 13.8 Å². The third-order valence-corrected chi connectivity index (χ3v) is 4.80. The van der Waals surface area contributed by atoms with Crippen molar-refractivity contribution in [3.63, 3.8) is 0 Å². The standard InChI is InChI=1S/C15H16N2O2S/c1-15(2)5-3-10-12(8-15)20-13(17-10)11-7-9(14(18)19)4-6-16-11/h4,6-7H,3,5,8H2,1-2H3,(H,18,19). The molecule has 2 aromatic rings. The van der Waals surface area contributed by atoms with Gasteiger partial charge in [-0.05, 0) is 36.8 Å². The predicted molar refractivity (Wildman–Crippen MR) is 78.1 cm³/mol. The smallest absolute Gasteiger partial charge is 0.335 e. The van der Waals surface area contributed by atoms with E-state index in [1.807, 2.05) is 0 Å². The Morgan fingerprint density at radius 1 is 1.45 bits per heavy atom. The molecule has 104 valence electrons. The van der Waals surface area contributed by atoms with E-state index < -0.39 is 5.97 Å². The van der Waals surface area contributed by atoms with E-state index in [0.29, 0.717) is 11.1 Å². The summed E-state index contributed by atoms with van der Waals surface area (Å²) in [6.45, 7) is 4.55. The predicted octanol–water partition coefficient (Wildman–Crippen LogP) is 3.42. The minimum Gasteiger partial charge on any atom is -0.478 e. The number of aryl methyl sites for hydroxylation is 1. The molecular weight excluding hydrogens is 272 g/mol. The van der Waals surface area contributed by atoms with Gasteiger partial charge in [0, 0.05) is 11.1 Å². The molecule has 1 aliphatic carbocycles. The summed E-state index contributed by atoms with van der Waals surface area (Å²) in [5, 5.41) is 9.87. The average Bonchev–Trinajstić information content (AvgIpc) is 2.80. The number of aromatic carboxylic acids is 1. The number of nitrogens with zero attached hydrogens (tertiary/aromatic N) is 2. The van der Waals surface area contributed by atoms with Gasteiger partial charge in [-0.3, -0.25) is 4.98 Å². The van der Waals surface area contributed by atoms with Gasteiger partial charge in [-0.15, -0.1) is 11.3 Å². The maximum atomic E-state index is 11.0. The Bertz CT molecular complexity index is 676. The first-order valence-corrected chi connectivity index (χ1v) is 7.45. The molecule has 0 spiro atoms. The largest absolute Gasteiger partial charge is 0.478 e. The second-order valence-electron chi connectivity index (χ2n) is 5.96. The lowest BCUT2D eigenvalue weighted by molar-refractivity contribution is 0.0697. The lowest BCUT2D eigenvalue weighted by atomic mass is 9.79. The van der Waals surface area contributed by atoms with Gasteiger partial charge >= 0.3 is 5.97 Å². The summed E-state index contributed by atoms with van der Waals surface area (Å²) in [5.74, 6) is -0.934. The van der Waals surface area contributed by atoms with E-state index in [9.17, 15) is 4.79 Å². The number of hydrogen-bond acceptors (Lipinski definition) is 4. The Morgan fingerprint density at radius 2 is 2.25 bits per heavy atom. The average molecular weight is 288 g/mol. The van der Waals surface area contributed by atoms with Crippen LogP contribution in [0.15, 0.2) is 18.3 Å². The monoisotopic (exact) mass is 288 g/mol. The number of rotatable bonds is 2. The molecule has 0 saturated heterocycles. The number of fused-ring (bicyclic) bond motifs is 1. The van der Waals surface area contributed by atoms with Crippen LogP contribution in [-0.2, 0) is 12.8 Å². The Morgan fingerprint density at radius 3 is 3.00 bits per heavy atom. The quantitative estimate of drug-likeness (QED) is 0.919. The first kappa shape index (κ1) is 13.2. The van der Waals surface area contributed by atoms with Crippen LogP contribution in [0, 0.1) is 5.41 Å². The van der Waals surface area contributed by atoms with E-state index >= 15 is 0 Å². The summed E-state index contributed by atoms with van der Waals surface area (Å²) in [6, 6.07) is 3.10. The molecule has 1 aliphatic rings. The van der Waals surface area contributed by atoms with Gasteiger partial charge in [-0.2, -0.15) is 0 Å². The molecule has 3 rings (SSSR count). The summed E-state index contributed by atoms with van der Waals surface area (Å²) in [6.07, 6.45) is 4.71. The highest BCUT2D eigenvalue weighted by atomic mass is 32.1. The topological polar surface area (TPSA) is 63.1 Å². The number of carboxylic acids is 1. The minimum atomic E-state index is -0.934. The maximum absolute atomic E-state index is 11.0. The molecule has 0 saturated carbocycles. The molecule has 2 heterocycles. The summed E-state index contributed by atoms with van der Waals surface area (Å²) in [7, 11) is 0. The lowest BCUT2D eigenvalue weighted by Gasteiger charge is -2.28. The highest BCUT2D eigenvalue weighted by Gasteiger charge is 2.28. The fraction of sp³-hybridized carbons (Fsp3) is 0.400. The molecule has 20 heavy (non-hydrogen) atoms. The molecule has 0 amide bonds. The second-order valence-corrected chi connectivity index (χ2v) is 7.05. The maximum Gasteiger partial charge on any atom is 0.335 e. The van der Waals surface area contributed by atoms with Gasteiger partial charge in [0.25, 0.3) is 0 Å². The fourth-order valence-electron chi connectivity index (χ4n) is 2.49. The van der Waals surface area contributed by atoms with E-state index in [-0.39, 0.29) is 5.56 Å². The van der Waals surface area contributed by atoms with Crippen molar-refractivity contribution in [2.75, 3.05) is 0 Å². The zero-order valence-corrected chi connectivity index (χ0v) is 12.3. The van der Waals surface area contributed by atoms with Crippen molar-refractivity contribution >= 4 is 17.3 Å². The number of pyridine rings is 1. The van der Waals surface area contributed by atoms with Gasteiger partial charge in [0.2, 0.25) is 0 Å². The molecule has 0 unspecified atom stereocenters. The number of thiazole rings is 1. The first-order chi connectivity index (χ1) is 9.44. The molecule has 0 atom stereocenters. The Labute approximate surface area is 121 Å². The van der Waals surface area contributed by atoms with Crippen LogP contribution in [0.1, 0.15) is 41.2 Å². The molecule has 4 nitrogen and oxygen atoms in total. The molecule has 5 heteroatoms. The van der Waals surface area contributed by atoms with Crippen LogP contribution >= 0.6 is 11.3 Å². The molecule has 0 aliphatic heterocycles. The van der Waals surface area contributed by atoms with Gasteiger partial charge in [0.1, 0.15) is 5.01 Å². The third-order valence-electron chi connectivity index (χ3n) is 3.68. The Balaban J connectivity index is 1.98. The first-order valence-electron chi connectivity index (χ1n) is 6.63. The Kier molecular flexibility index (Phi) is 3.09. The summed E-state index contributed by atoms with van der Waals surface area (Å²) < 4.78 is 0. The van der Waals surface area contributed by atoms with Gasteiger partial charge in [-0.25, -0.2) is 9.78 Å². The van der Waals surface area contributed by atoms with Crippen LogP contribution in [0.3, 0.4) is 0 Å². The van der Waals surface area contributed by atoms with Crippen LogP contribution in [0.4, 0.5) is 0 Å². The van der Waals surface area contributed by atoms with Crippen LogP contribution in [0.2, 0.25) is 0 Å². The van der Waals surface area contributed by atoms with E-state index in [4.69, 9.17) is 5.11 Å². The third kappa shape index (κ3) is 2.45. The van der Waals surface area contributed by atoms with Crippen LogP contribution in [0.25, 0.3) is 10.7 Å². The van der Waals surface area contributed by atoms with Crippen molar-refractivity contribution in [3.05, 3.63) is 34.5 Å². The number of carboxylic acid groups (broad SMARTS) is 1. The van der Waals surface area contributed by atoms with Gasteiger partial charge < -0.3 is 5.11 Å². The van der Waals surface area contributed by atoms with Crippen molar-refractivity contribution < 1.29 is 9.90 Å². The molecule has 0 fully saturated rings. The second kappa shape index (κ2) is 4.66. The van der Waals surface area contributed by atoms with Crippen molar-refractivity contribution in [1.29, 1.82) is 0 Å². The van der Waals surface area contributed by atoms with E-state index in [2.05, 4.69) is 23.8 Å². The molecule has 0 bridgehead atoms. The molecule has 2 aromatic heterocycles. The molecule has 1 N–H and O–H groups in total. The van der Waals surface area contributed by atoms with E-state index in [0.717, 1.165) is 30.0 Å². The molecular formula is C15H16N2O2S. The van der Waals surface area contributed by atoms with Crippen molar-refractivity contribution in [2.45, 2.75) is 33.1 Å². The number of aromatic nitrogens is 2. The van der Waals surface area contributed by atoms with Gasteiger partial charge in [0.15, 0.2) is 0 Å². The van der Waals surface area contributed by atoms with Crippen LogP contribution < -0.4 is 0 Å².